The van der Waals surface area contributed by atoms with Crippen LogP contribution in [0.3, 0.4) is 0 Å². The molecule has 0 heterocycles. The number of aliphatic hydroxyl groups is 2. The predicted molar refractivity (Wildman–Crippen MR) is 127 cm³/mol. The van der Waals surface area contributed by atoms with E-state index in [2.05, 4.69) is 27.4 Å². The van der Waals surface area contributed by atoms with Crippen molar-refractivity contribution in [3.63, 3.8) is 0 Å². The van der Waals surface area contributed by atoms with Crippen molar-refractivity contribution in [3.05, 3.63) is 12.2 Å². The summed E-state index contributed by atoms with van der Waals surface area (Å²) in [6.45, 7) is 20.9. The minimum atomic E-state index is -0.782. The zero-order chi connectivity index (χ0) is 24.5. The van der Waals surface area contributed by atoms with E-state index in [1.54, 1.807) is 6.92 Å². The smallest absolute Gasteiger partial charge is 0.333 e. The van der Waals surface area contributed by atoms with Gasteiger partial charge in [-0.1, -0.05) is 67.9 Å². The third kappa shape index (κ3) is 16.4. The highest BCUT2D eigenvalue weighted by molar-refractivity contribution is 5.86. The van der Waals surface area contributed by atoms with Gasteiger partial charge in [0.25, 0.3) is 0 Å². The van der Waals surface area contributed by atoms with Crippen LogP contribution >= 0.6 is 0 Å². The first-order chi connectivity index (χ1) is 14.4. The Balaban J connectivity index is 0. The Morgan fingerprint density at radius 1 is 0.839 bits per heavy atom. The predicted octanol–water partition coefficient (Wildman–Crippen LogP) is 5.60. The van der Waals surface area contributed by atoms with Gasteiger partial charge in [0.2, 0.25) is 0 Å². The molecule has 0 amide bonds. The molecule has 0 aliphatic heterocycles. The molecule has 2 N–H and O–H groups in total. The van der Waals surface area contributed by atoms with Gasteiger partial charge in [-0.3, -0.25) is 0 Å². The maximum atomic E-state index is 11.2. The van der Waals surface area contributed by atoms with Gasteiger partial charge in [0, 0.05) is 29.6 Å². The topological polar surface area (TPSA) is 85.2 Å². The van der Waals surface area contributed by atoms with Gasteiger partial charge >= 0.3 is 5.97 Å². The van der Waals surface area contributed by atoms with Crippen molar-refractivity contribution < 1.29 is 29.2 Å². The number of carbonyl (C=O) groups is 1. The van der Waals surface area contributed by atoms with Gasteiger partial charge in [-0.2, -0.15) is 0 Å². The Kier molecular flexibility index (Phi) is 18.3. The molecular formula is C25H50O6. The second-order valence-corrected chi connectivity index (χ2v) is 9.50. The van der Waals surface area contributed by atoms with Crippen LogP contribution in [-0.2, 0) is 19.0 Å². The Morgan fingerprint density at radius 3 is 1.68 bits per heavy atom. The number of hydrogen-bond donors (Lipinski definition) is 2. The van der Waals surface area contributed by atoms with Crippen molar-refractivity contribution in [3.8, 4) is 0 Å². The van der Waals surface area contributed by atoms with E-state index in [0.717, 1.165) is 38.5 Å². The van der Waals surface area contributed by atoms with E-state index in [1.807, 2.05) is 27.7 Å². The van der Waals surface area contributed by atoms with Gasteiger partial charge in [0.15, 0.2) is 12.6 Å². The number of ether oxygens (including phenoxy) is 3. The van der Waals surface area contributed by atoms with E-state index < -0.39 is 12.6 Å². The van der Waals surface area contributed by atoms with E-state index in [4.69, 9.17) is 14.2 Å². The van der Waals surface area contributed by atoms with E-state index in [9.17, 15) is 15.0 Å². The number of hydrogen-bond acceptors (Lipinski definition) is 6. The lowest BCUT2D eigenvalue weighted by Crippen LogP contribution is -2.32. The highest BCUT2D eigenvalue weighted by Crippen LogP contribution is 2.28. The first-order valence-electron chi connectivity index (χ1n) is 11.8. The average Bonchev–Trinajstić information content (AvgIpc) is 2.71. The fraction of sp³-hybridized carbons (Fsp3) is 0.880. The second kappa shape index (κ2) is 17.6. The third-order valence-electron chi connectivity index (χ3n) is 5.34. The summed E-state index contributed by atoms with van der Waals surface area (Å²) < 4.78 is 15.7. The van der Waals surface area contributed by atoms with E-state index in [1.165, 1.54) is 0 Å². The Morgan fingerprint density at radius 2 is 1.29 bits per heavy atom. The van der Waals surface area contributed by atoms with E-state index >= 15 is 0 Å². The molecule has 0 bridgehead atoms. The van der Waals surface area contributed by atoms with Gasteiger partial charge in [0.1, 0.15) is 0 Å². The molecular weight excluding hydrogens is 396 g/mol. The summed E-state index contributed by atoms with van der Waals surface area (Å²) in [6.07, 6.45) is 5.08. The summed E-state index contributed by atoms with van der Waals surface area (Å²) in [5, 5.41) is 19.5. The number of unbranched alkanes of at least 4 members (excludes halogenated alkanes) is 2. The molecule has 0 saturated heterocycles. The number of aliphatic hydroxyl groups excluding tert-OH is 2. The van der Waals surface area contributed by atoms with E-state index in [-0.39, 0.29) is 16.8 Å². The van der Waals surface area contributed by atoms with Crippen LogP contribution in [0.15, 0.2) is 12.2 Å². The lowest BCUT2D eigenvalue weighted by atomic mass is 9.87. The third-order valence-corrected chi connectivity index (χ3v) is 5.34. The lowest BCUT2D eigenvalue weighted by molar-refractivity contribution is -0.168. The van der Waals surface area contributed by atoms with Crippen LogP contribution in [-0.4, -0.2) is 48.6 Å². The molecule has 0 aliphatic carbocycles. The number of carbonyl (C=O) groups excluding carboxylic acids is 1. The molecule has 2 unspecified atom stereocenters. The highest BCUT2D eigenvalue weighted by Gasteiger charge is 2.28. The van der Waals surface area contributed by atoms with Gasteiger partial charge in [-0.05, 0) is 39.0 Å². The summed E-state index contributed by atoms with van der Waals surface area (Å²) >= 11 is 0. The van der Waals surface area contributed by atoms with E-state index in [0.29, 0.717) is 31.8 Å². The van der Waals surface area contributed by atoms with Crippen LogP contribution in [0.1, 0.15) is 100 Å². The van der Waals surface area contributed by atoms with Crippen LogP contribution < -0.4 is 0 Å². The van der Waals surface area contributed by atoms with Crippen molar-refractivity contribution in [2.75, 3.05) is 19.8 Å². The van der Waals surface area contributed by atoms with Crippen LogP contribution in [0.4, 0.5) is 0 Å². The summed E-state index contributed by atoms with van der Waals surface area (Å²) in [6, 6.07) is 0. The van der Waals surface area contributed by atoms with Crippen molar-refractivity contribution in [1.29, 1.82) is 0 Å². The maximum absolute atomic E-state index is 11.2. The van der Waals surface area contributed by atoms with Crippen molar-refractivity contribution in [2.24, 2.45) is 10.8 Å². The highest BCUT2D eigenvalue weighted by atomic mass is 16.6. The fourth-order valence-electron chi connectivity index (χ4n) is 2.24. The van der Waals surface area contributed by atoms with Crippen LogP contribution in [0.2, 0.25) is 0 Å². The molecule has 0 saturated carbocycles. The zero-order valence-electron chi connectivity index (χ0n) is 21.5. The molecule has 0 radical (unpaired) electrons. The van der Waals surface area contributed by atoms with Crippen LogP contribution in [0.25, 0.3) is 0 Å². The molecule has 0 aromatic rings. The largest absolute Gasteiger partial charge is 0.462 e. The number of rotatable bonds is 16. The molecule has 0 spiro atoms. The molecule has 0 fully saturated rings. The minimum absolute atomic E-state index is 0.117. The molecule has 6 heteroatoms. The first-order valence-corrected chi connectivity index (χ1v) is 11.8. The van der Waals surface area contributed by atoms with Gasteiger partial charge < -0.3 is 24.4 Å². The average molecular weight is 447 g/mol. The molecule has 6 nitrogen and oxygen atoms in total. The summed E-state index contributed by atoms with van der Waals surface area (Å²) in [4.78, 5) is 11.2. The molecule has 186 valence electrons. The van der Waals surface area contributed by atoms with Crippen molar-refractivity contribution in [2.45, 2.75) is 113 Å². The Labute approximate surface area is 191 Å². The van der Waals surface area contributed by atoms with Crippen LogP contribution in [0, 0.1) is 10.8 Å². The zero-order valence-corrected chi connectivity index (χ0v) is 21.5. The molecule has 31 heavy (non-hydrogen) atoms. The summed E-state index contributed by atoms with van der Waals surface area (Å²) in [7, 11) is 0. The second-order valence-electron chi connectivity index (χ2n) is 9.50. The van der Waals surface area contributed by atoms with Crippen molar-refractivity contribution in [1.82, 2.24) is 0 Å². The van der Waals surface area contributed by atoms with Gasteiger partial charge in [-0.15, -0.1) is 0 Å². The van der Waals surface area contributed by atoms with Crippen molar-refractivity contribution >= 4 is 5.97 Å². The maximum Gasteiger partial charge on any atom is 0.333 e. The fourth-order valence-corrected chi connectivity index (χ4v) is 2.24. The SMILES string of the molecule is C=C(C)C(=O)OCCCC(C)(C)C(O)OCCCC.CCCCOC(O)C(C)(C)CC. The molecule has 0 aliphatic rings. The standard InChI is InChI=1S/C15H28O4.C10H22O2/c1-6-7-10-19-14(17)15(4,5)9-8-11-18-13(16)12(2)3;1-5-7-8-12-9(11)10(3,4)6-2/h14,17H,2,6-11H2,1,3-5H3;9,11H,5-8H2,1-4H3. The minimum Gasteiger partial charge on any atom is -0.462 e. The number of esters is 1. The molecule has 0 aromatic heterocycles. The monoisotopic (exact) mass is 446 g/mol. The lowest BCUT2D eigenvalue weighted by Gasteiger charge is -2.30. The Bertz CT molecular complexity index is 473. The Hall–Kier alpha value is -0.950. The normalized spacial score (nSPS) is 13.7. The van der Waals surface area contributed by atoms with Gasteiger partial charge in [0.05, 0.1) is 6.61 Å². The quantitative estimate of drug-likeness (QED) is 0.139. The molecule has 0 aromatic carbocycles. The molecule has 2 atom stereocenters. The summed E-state index contributed by atoms with van der Waals surface area (Å²) in [5.74, 6) is -0.363. The van der Waals surface area contributed by atoms with Gasteiger partial charge in [-0.25, -0.2) is 4.79 Å². The van der Waals surface area contributed by atoms with Crippen LogP contribution in [0.5, 0.6) is 0 Å². The molecule has 0 rings (SSSR count). The summed E-state index contributed by atoms with van der Waals surface area (Å²) in [5.41, 5.74) is -0.0564. The first kappa shape index (κ1) is 32.2.